The summed E-state index contributed by atoms with van der Waals surface area (Å²) >= 11 is 3.82. The average Bonchev–Trinajstić information content (AvgIpc) is 2.82. The van der Waals surface area contributed by atoms with Crippen molar-refractivity contribution in [3.8, 4) is 0 Å². The lowest BCUT2D eigenvalue weighted by atomic mass is 10.00. The molecule has 1 aromatic rings. The molecule has 0 saturated heterocycles. The highest BCUT2D eigenvalue weighted by Gasteiger charge is 2.26. The number of aliphatic hydroxyl groups excluding tert-OH is 1. The van der Waals surface area contributed by atoms with Gasteiger partial charge < -0.3 is 10.4 Å². The number of thioether (sulfide) groups is 1. The molecule has 0 radical (unpaired) electrons. The highest BCUT2D eigenvalue weighted by molar-refractivity contribution is 8.01. The van der Waals surface area contributed by atoms with E-state index in [4.69, 9.17) is 0 Å². The maximum atomic E-state index is 10.0. The molecule has 0 spiro atoms. The molecule has 2 heterocycles. The third kappa shape index (κ3) is 3.29. The molecule has 3 unspecified atom stereocenters. The molecule has 2 rings (SSSR count). The second kappa shape index (κ2) is 6.42. The van der Waals surface area contributed by atoms with Gasteiger partial charge in [0.05, 0.1) is 10.3 Å². The van der Waals surface area contributed by atoms with E-state index in [1.54, 1.807) is 0 Å². The van der Waals surface area contributed by atoms with E-state index in [9.17, 15) is 5.11 Å². The fourth-order valence-electron chi connectivity index (χ4n) is 2.28. The second-order valence-corrected chi connectivity index (χ2v) is 7.86. The molecule has 2 nitrogen and oxygen atoms in total. The Morgan fingerprint density at radius 2 is 2.33 bits per heavy atom. The maximum Gasteiger partial charge on any atom is 0.0690 e. The molecule has 4 atom stereocenters. The van der Waals surface area contributed by atoms with Crippen molar-refractivity contribution in [2.75, 3.05) is 6.54 Å². The van der Waals surface area contributed by atoms with Gasteiger partial charge in [0.15, 0.2) is 0 Å². The van der Waals surface area contributed by atoms with Crippen molar-refractivity contribution in [1.29, 1.82) is 0 Å². The summed E-state index contributed by atoms with van der Waals surface area (Å²) in [6.45, 7) is 7.23. The van der Waals surface area contributed by atoms with Crippen LogP contribution in [-0.4, -0.2) is 23.0 Å². The van der Waals surface area contributed by atoms with Crippen LogP contribution in [0.15, 0.2) is 15.7 Å². The third-order valence-corrected chi connectivity index (χ3v) is 6.13. The molecule has 0 saturated carbocycles. The molecule has 0 fully saturated rings. The molecule has 4 heteroatoms. The predicted molar refractivity (Wildman–Crippen MR) is 80.5 cm³/mol. The predicted octanol–water partition coefficient (Wildman–Crippen LogP) is 3.67. The molecule has 102 valence electrons. The summed E-state index contributed by atoms with van der Waals surface area (Å²) in [6, 6.07) is 2.65. The van der Waals surface area contributed by atoms with Gasteiger partial charge in [0, 0.05) is 17.8 Å². The van der Waals surface area contributed by atoms with Crippen LogP contribution in [0.25, 0.3) is 0 Å². The zero-order chi connectivity index (χ0) is 13.1. The van der Waals surface area contributed by atoms with Gasteiger partial charge in [-0.1, -0.05) is 27.2 Å². The van der Waals surface area contributed by atoms with E-state index in [-0.39, 0.29) is 6.10 Å². The third-order valence-electron chi connectivity index (χ3n) is 3.78. The number of nitrogens with one attached hydrogen (secondary N) is 1. The van der Waals surface area contributed by atoms with Gasteiger partial charge in [0.25, 0.3) is 0 Å². The van der Waals surface area contributed by atoms with Gasteiger partial charge in [-0.25, -0.2) is 0 Å². The first kappa shape index (κ1) is 14.4. The van der Waals surface area contributed by atoms with Crippen LogP contribution < -0.4 is 5.32 Å². The number of hydrogen-bond donors (Lipinski definition) is 2. The van der Waals surface area contributed by atoms with E-state index < -0.39 is 0 Å². The van der Waals surface area contributed by atoms with Crippen LogP contribution in [0.1, 0.15) is 45.2 Å². The van der Waals surface area contributed by atoms with E-state index in [0.717, 1.165) is 12.8 Å². The molecule has 0 aliphatic carbocycles. The van der Waals surface area contributed by atoms with Crippen molar-refractivity contribution in [2.24, 2.45) is 5.92 Å². The number of fused-ring (bicyclic) bond motifs is 1. The van der Waals surface area contributed by atoms with E-state index in [2.05, 4.69) is 37.5 Å². The molecule has 1 aliphatic rings. The Labute approximate surface area is 118 Å². The van der Waals surface area contributed by atoms with Gasteiger partial charge in [0.2, 0.25) is 0 Å². The first-order valence-corrected chi connectivity index (χ1v) is 8.53. The topological polar surface area (TPSA) is 32.3 Å². The fraction of sp³-hybridized carbons (Fsp3) is 0.714. The zero-order valence-corrected chi connectivity index (χ0v) is 13.0. The van der Waals surface area contributed by atoms with Crippen molar-refractivity contribution < 1.29 is 5.11 Å². The smallest absolute Gasteiger partial charge is 0.0690 e. The minimum atomic E-state index is -0.234. The Hall–Kier alpha value is -0.0300. The summed E-state index contributed by atoms with van der Waals surface area (Å²) in [6.07, 6.45) is 1.95. The van der Waals surface area contributed by atoms with Crippen LogP contribution in [-0.2, 0) is 0 Å². The van der Waals surface area contributed by atoms with Crippen molar-refractivity contribution in [1.82, 2.24) is 5.32 Å². The Bertz CT molecular complexity index is 380. The van der Waals surface area contributed by atoms with Gasteiger partial charge in [-0.05, 0) is 29.3 Å². The van der Waals surface area contributed by atoms with Gasteiger partial charge in [-0.2, -0.15) is 0 Å². The number of thiophene rings is 1. The largest absolute Gasteiger partial charge is 0.392 e. The molecule has 0 aromatic carbocycles. The first-order valence-electron chi connectivity index (χ1n) is 6.77. The molecular formula is C14H23NOS2. The molecule has 18 heavy (non-hydrogen) atoms. The van der Waals surface area contributed by atoms with Gasteiger partial charge in [0.1, 0.15) is 0 Å². The summed E-state index contributed by atoms with van der Waals surface area (Å²) < 4.78 is 1.45. The Kier molecular flexibility index (Phi) is 5.13. The SMILES string of the molecule is CCC(C)C(O)CNC1C[C@H](C)Sc2sccc21. The lowest BCUT2D eigenvalue weighted by Gasteiger charge is -2.29. The maximum absolute atomic E-state index is 10.0. The van der Waals surface area contributed by atoms with Gasteiger partial charge >= 0.3 is 0 Å². The summed E-state index contributed by atoms with van der Waals surface area (Å²) in [7, 11) is 0. The zero-order valence-electron chi connectivity index (χ0n) is 11.3. The monoisotopic (exact) mass is 285 g/mol. The quantitative estimate of drug-likeness (QED) is 0.866. The van der Waals surface area contributed by atoms with Crippen LogP contribution in [0.2, 0.25) is 0 Å². The highest BCUT2D eigenvalue weighted by Crippen LogP contribution is 2.43. The molecule has 1 aromatic heterocycles. The van der Waals surface area contributed by atoms with Crippen molar-refractivity contribution >= 4 is 23.1 Å². The van der Waals surface area contributed by atoms with E-state index in [1.165, 1.54) is 9.77 Å². The summed E-state index contributed by atoms with van der Waals surface area (Å²) in [5, 5.41) is 16.4. The normalized spacial score (nSPS) is 26.7. The molecule has 2 N–H and O–H groups in total. The number of rotatable bonds is 5. The Morgan fingerprint density at radius 3 is 3.06 bits per heavy atom. The van der Waals surface area contributed by atoms with Crippen molar-refractivity contribution in [3.05, 3.63) is 17.0 Å². The average molecular weight is 285 g/mol. The van der Waals surface area contributed by atoms with Crippen LogP contribution in [0.4, 0.5) is 0 Å². The van der Waals surface area contributed by atoms with E-state index >= 15 is 0 Å². The van der Waals surface area contributed by atoms with Crippen LogP contribution >= 0.6 is 23.1 Å². The molecule has 0 bridgehead atoms. The molecule has 1 aliphatic heterocycles. The van der Waals surface area contributed by atoms with E-state index in [1.807, 2.05) is 23.1 Å². The summed E-state index contributed by atoms with van der Waals surface area (Å²) in [5.41, 5.74) is 1.43. The lowest BCUT2D eigenvalue weighted by molar-refractivity contribution is 0.109. The van der Waals surface area contributed by atoms with Crippen LogP contribution in [0.5, 0.6) is 0 Å². The highest BCUT2D eigenvalue weighted by atomic mass is 32.2. The summed E-state index contributed by atoms with van der Waals surface area (Å²) in [5.74, 6) is 0.370. The van der Waals surface area contributed by atoms with Crippen molar-refractivity contribution in [3.63, 3.8) is 0 Å². The molecular weight excluding hydrogens is 262 g/mol. The number of aliphatic hydroxyl groups is 1. The number of hydrogen-bond acceptors (Lipinski definition) is 4. The minimum absolute atomic E-state index is 0.234. The van der Waals surface area contributed by atoms with Gasteiger partial charge in [-0.15, -0.1) is 23.1 Å². The Morgan fingerprint density at radius 1 is 1.56 bits per heavy atom. The summed E-state index contributed by atoms with van der Waals surface area (Å²) in [4.78, 5) is 0. The van der Waals surface area contributed by atoms with Crippen molar-refractivity contribution in [2.45, 2.75) is 55.2 Å². The van der Waals surface area contributed by atoms with E-state index in [0.29, 0.717) is 23.8 Å². The van der Waals surface area contributed by atoms with Crippen LogP contribution in [0, 0.1) is 5.92 Å². The lowest BCUT2D eigenvalue weighted by Crippen LogP contribution is -2.35. The minimum Gasteiger partial charge on any atom is -0.392 e. The fourth-order valence-corrected chi connectivity index (χ4v) is 4.85. The van der Waals surface area contributed by atoms with Gasteiger partial charge in [-0.3, -0.25) is 0 Å². The first-order chi connectivity index (χ1) is 8.61. The molecule has 0 amide bonds. The second-order valence-electron chi connectivity index (χ2n) is 5.24. The van der Waals surface area contributed by atoms with Crippen LogP contribution in [0.3, 0.4) is 0 Å². The Balaban J connectivity index is 1.94. The standard InChI is InChI=1S/C14H23NOS2/c1-4-9(2)13(16)8-15-12-7-10(3)18-14-11(12)5-6-17-14/h5-6,9-10,12-13,15-16H,4,7-8H2,1-3H3/t9?,10-,12?,13?/m0/s1.